The molecule has 4 N–H and O–H groups in total. The first kappa shape index (κ1) is 21.6. The van der Waals surface area contributed by atoms with Crippen LogP contribution in [0.3, 0.4) is 0 Å². The number of carbonyl (C=O) groups is 2. The van der Waals surface area contributed by atoms with Crippen LogP contribution in [-0.4, -0.2) is 31.3 Å². The van der Waals surface area contributed by atoms with E-state index in [9.17, 15) is 9.59 Å². The van der Waals surface area contributed by atoms with Crippen molar-refractivity contribution >= 4 is 23.4 Å². The lowest BCUT2D eigenvalue weighted by atomic mass is 10.1. The van der Waals surface area contributed by atoms with Crippen LogP contribution in [0.25, 0.3) is 0 Å². The SMILES string of the molecule is CCc1ccc(C(C)NC(=O)Nc2ccc(NC(=O)NCC3CCCO3)cc2)cc1. The molecule has 1 saturated heterocycles. The van der Waals surface area contributed by atoms with Gasteiger partial charge in [0.1, 0.15) is 0 Å². The summed E-state index contributed by atoms with van der Waals surface area (Å²) in [5.41, 5.74) is 3.61. The summed E-state index contributed by atoms with van der Waals surface area (Å²) < 4.78 is 5.48. The molecule has 7 nitrogen and oxygen atoms in total. The third-order valence-corrected chi connectivity index (χ3v) is 5.15. The minimum atomic E-state index is -0.280. The average Bonchev–Trinajstić information content (AvgIpc) is 3.27. The van der Waals surface area contributed by atoms with Crippen molar-refractivity contribution in [1.82, 2.24) is 10.6 Å². The van der Waals surface area contributed by atoms with Crippen molar-refractivity contribution in [2.24, 2.45) is 0 Å². The monoisotopic (exact) mass is 410 g/mol. The van der Waals surface area contributed by atoms with Crippen LogP contribution in [0.4, 0.5) is 21.0 Å². The van der Waals surface area contributed by atoms with Crippen LogP contribution in [0.15, 0.2) is 48.5 Å². The third-order valence-electron chi connectivity index (χ3n) is 5.15. The van der Waals surface area contributed by atoms with E-state index in [1.165, 1.54) is 5.56 Å². The van der Waals surface area contributed by atoms with Crippen molar-refractivity contribution in [3.8, 4) is 0 Å². The number of urea groups is 2. The van der Waals surface area contributed by atoms with E-state index in [2.05, 4.69) is 40.3 Å². The molecule has 2 aromatic carbocycles. The lowest BCUT2D eigenvalue weighted by Gasteiger charge is -2.16. The molecule has 3 rings (SSSR count). The van der Waals surface area contributed by atoms with Crippen molar-refractivity contribution in [1.29, 1.82) is 0 Å². The lowest BCUT2D eigenvalue weighted by Crippen LogP contribution is -2.35. The highest BCUT2D eigenvalue weighted by molar-refractivity contribution is 5.91. The zero-order valence-corrected chi connectivity index (χ0v) is 17.5. The van der Waals surface area contributed by atoms with Gasteiger partial charge in [-0.3, -0.25) is 0 Å². The highest BCUT2D eigenvalue weighted by atomic mass is 16.5. The summed E-state index contributed by atoms with van der Waals surface area (Å²) in [6.45, 7) is 5.33. The summed E-state index contributed by atoms with van der Waals surface area (Å²) in [6.07, 6.45) is 3.11. The molecule has 0 spiro atoms. The predicted octanol–water partition coefficient (Wildman–Crippen LogP) is 4.43. The third kappa shape index (κ3) is 6.49. The van der Waals surface area contributed by atoms with Gasteiger partial charge in [-0.1, -0.05) is 31.2 Å². The van der Waals surface area contributed by atoms with Crippen molar-refractivity contribution in [3.05, 3.63) is 59.7 Å². The molecule has 160 valence electrons. The van der Waals surface area contributed by atoms with Crippen LogP contribution in [-0.2, 0) is 11.2 Å². The highest BCUT2D eigenvalue weighted by Gasteiger charge is 2.16. The van der Waals surface area contributed by atoms with Gasteiger partial charge in [-0.25, -0.2) is 9.59 Å². The van der Waals surface area contributed by atoms with Crippen molar-refractivity contribution in [2.75, 3.05) is 23.8 Å². The average molecular weight is 411 g/mol. The van der Waals surface area contributed by atoms with Crippen LogP contribution in [0.1, 0.15) is 43.9 Å². The van der Waals surface area contributed by atoms with E-state index in [0.29, 0.717) is 17.9 Å². The van der Waals surface area contributed by atoms with Gasteiger partial charge in [0.05, 0.1) is 12.1 Å². The number of amides is 4. The zero-order chi connectivity index (χ0) is 21.3. The number of ether oxygens (including phenoxy) is 1. The van der Waals surface area contributed by atoms with Crippen LogP contribution >= 0.6 is 0 Å². The second-order valence-electron chi connectivity index (χ2n) is 7.46. The first-order chi connectivity index (χ1) is 14.5. The molecule has 1 aliphatic rings. The Kier molecular flexibility index (Phi) is 7.68. The Balaban J connectivity index is 1.43. The van der Waals surface area contributed by atoms with Crippen LogP contribution in [0.2, 0.25) is 0 Å². The summed E-state index contributed by atoms with van der Waals surface area (Å²) in [6, 6.07) is 14.5. The molecule has 0 aliphatic carbocycles. The Morgan fingerprint density at radius 1 is 1.00 bits per heavy atom. The number of nitrogens with one attached hydrogen (secondary N) is 4. The van der Waals surface area contributed by atoms with Gasteiger partial charge >= 0.3 is 12.1 Å². The quantitative estimate of drug-likeness (QED) is 0.544. The number of benzene rings is 2. The number of hydrogen-bond acceptors (Lipinski definition) is 3. The molecule has 1 fully saturated rings. The van der Waals surface area contributed by atoms with E-state index >= 15 is 0 Å². The number of hydrogen-bond donors (Lipinski definition) is 4. The Morgan fingerprint density at radius 2 is 1.63 bits per heavy atom. The number of carbonyl (C=O) groups excluding carboxylic acids is 2. The van der Waals surface area contributed by atoms with E-state index in [1.807, 2.05) is 19.1 Å². The van der Waals surface area contributed by atoms with Gasteiger partial charge in [-0.2, -0.15) is 0 Å². The van der Waals surface area contributed by atoms with Gasteiger partial charge in [-0.15, -0.1) is 0 Å². The molecule has 0 radical (unpaired) electrons. The summed E-state index contributed by atoms with van der Waals surface area (Å²) >= 11 is 0. The second kappa shape index (κ2) is 10.6. The minimum absolute atomic E-state index is 0.104. The normalized spacial score (nSPS) is 16.5. The Morgan fingerprint density at radius 3 is 2.20 bits per heavy atom. The summed E-state index contributed by atoms with van der Waals surface area (Å²) in [5.74, 6) is 0. The fourth-order valence-electron chi connectivity index (χ4n) is 3.31. The lowest BCUT2D eigenvalue weighted by molar-refractivity contribution is 0.112. The molecular weight excluding hydrogens is 380 g/mol. The second-order valence-corrected chi connectivity index (χ2v) is 7.46. The van der Waals surface area contributed by atoms with Gasteiger partial charge in [0.15, 0.2) is 0 Å². The van der Waals surface area contributed by atoms with E-state index in [1.54, 1.807) is 24.3 Å². The maximum absolute atomic E-state index is 12.3. The molecule has 1 aliphatic heterocycles. The van der Waals surface area contributed by atoms with Crippen LogP contribution in [0, 0.1) is 0 Å². The largest absolute Gasteiger partial charge is 0.376 e. The first-order valence-electron chi connectivity index (χ1n) is 10.5. The van der Waals surface area contributed by atoms with Gasteiger partial charge in [0.25, 0.3) is 0 Å². The van der Waals surface area contributed by atoms with Gasteiger partial charge in [0, 0.05) is 24.5 Å². The number of anilines is 2. The smallest absolute Gasteiger partial charge is 0.319 e. The molecule has 2 atom stereocenters. The fourth-order valence-corrected chi connectivity index (χ4v) is 3.31. The van der Waals surface area contributed by atoms with Crippen molar-refractivity contribution in [2.45, 2.75) is 45.3 Å². The van der Waals surface area contributed by atoms with E-state index in [-0.39, 0.29) is 24.2 Å². The molecule has 2 aromatic rings. The molecule has 30 heavy (non-hydrogen) atoms. The van der Waals surface area contributed by atoms with Gasteiger partial charge in [-0.05, 0) is 61.6 Å². The number of rotatable bonds is 7. The molecule has 2 unspecified atom stereocenters. The highest BCUT2D eigenvalue weighted by Crippen LogP contribution is 2.16. The molecule has 1 heterocycles. The maximum atomic E-state index is 12.3. The van der Waals surface area contributed by atoms with Gasteiger partial charge < -0.3 is 26.0 Å². The van der Waals surface area contributed by atoms with E-state index in [0.717, 1.165) is 31.4 Å². The van der Waals surface area contributed by atoms with Crippen LogP contribution < -0.4 is 21.3 Å². The Hall–Kier alpha value is -3.06. The molecule has 0 bridgehead atoms. The zero-order valence-electron chi connectivity index (χ0n) is 17.5. The molecular formula is C23H30N4O3. The minimum Gasteiger partial charge on any atom is -0.376 e. The summed E-state index contributed by atoms with van der Waals surface area (Å²) in [5, 5.41) is 11.3. The molecule has 7 heteroatoms. The Bertz CT molecular complexity index is 831. The summed E-state index contributed by atoms with van der Waals surface area (Å²) in [7, 11) is 0. The Labute approximate surface area is 177 Å². The molecule has 0 saturated carbocycles. The first-order valence-corrected chi connectivity index (χ1v) is 10.5. The van der Waals surface area contributed by atoms with Crippen molar-refractivity contribution in [3.63, 3.8) is 0 Å². The predicted molar refractivity (Wildman–Crippen MR) is 119 cm³/mol. The van der Waals surface area contributed by atoms with Crippen molar-refractivity contribution < 1.29 is 14.3 Å². The number of aryl methyl sites for hydroxylation is 1. The van der Waals surface area contributed by atoms with E-state index < -0.39 is 0 Å². The van der Waals surface area contributed by atoms with E-state index in [4.69, 9.17) is 4.74 Å². The maximum Gasteiger partial charge on any atom is 0.319 e. The standard InChI is InChI=1S/C23H30N4O3/c1-3-17-6-8-18(9-7-17)16(2)25-23(29)27-20-12-10-19(11-13-20)26-22(28)24-15-21-5-4-14-30-21/h6-13,16,21H,3-5,14-15H2,1-2H3,(H2,24,26,28)(H2,25,27,29). The molecule has 4 amide bonds. The summed E-state index contributed by atoms with van der Waals surface area (Å²) in [4.78, 5) is 24.2. The topological polar surface area (TPSA) is 91.5 Å². The molecule has 0 aromatic heterocycles. The van der Waals surface area contributed by atoms with Gasteiger partial charge in [0.2, 0.25) is 0 Å². The fraction of sp³-hybridized carbons (Fsp3) is 0.391. The van der Waals surface area contributed by atoms with Crippen LogP contribution in [0.5, 0.6) is 0 Å².